The summed E-state index contributed by atoms with van der Waals surface area (Å²) in [7, 11) is 1.83. The predicted octanol–water partition coefficient (Wildman–Crippen LogP) is 1.84. The minimum Gasteiger partial charge on any atom is -0.481 e. The molecule has 0 saturated carbocycles. The van der Waals surface area contributed by atoms with E-state index in [9.17, 15) is 4.79 Å². The Kier molecular flexibility index (Phi) is 3.09. The number of nitrogens with zero attached hydrogens (tertiary/aromatic N) is 2. The van der Waals surface area contributed by atoms with Gasteiger partial charge in [0, 0.05) is 19.4 Å². The molecule has 1 N–H and O–H groups in total. The Labute approximate surface area is 98.3 Å². The van der Waals surface area contributed by atoms with Gasteiger partial charge in [-0.15, -0.1) is 0 Å². The van der Waals surface area contributed by atoms with Gasteiger partial charge in [-0.05, 0) is 17.7 Å². The van der Waals surface area contributed by atoms with Gasteiger partial charge in [-0.25, -0.2) is 4.98 Å². The number of imidazole rings is 1. The van der Waals surface area contributed by atoms with Crippen LogP contribution < -0.4 is 4.74 Å². The SMILES string of the molecule is Cn1ccnc1Oc1ccc(CC(=O)O)cc1. The molecule has 2 aromatic rings. The van der Waals surface area contributed by atoms with Crippen molar-refractivity contribution in [3.05, 3.63) is 42.2 Å². The van der Waals surface area contributed by atoms with Gasteiger partial charge in [0.2, 0.25) is 0 Å². The second-order valence-electron chi connectivity index (χ2n) is 3.64. The van der Waals surface area contributed by atoms with Gasteiger partial charge in [-0.1, -0.05) is 12.1 Å². The van der Waals surface area contributed by atoms with E-state index in [0.717, 1.165) is 5.56 Å². The summed E-state index contributed by atoms with van der Waals surface area (Å²) in [5, 5.41) is 8.64. The third kappa shape index (κ3) is 2.84. The Morgan fingerprint density at radius 3 is 2.65 bits per heavy atom. The first-order valence-corrected chi connectivity index (χ1v) is 5.11. The van der Waals surface area contributed by atoms with Gasteiger partial charge in [0.15, 0.2) is 0 Å². The molecule has 0 spiro atoms. The van der Waals surface area contributed by atoms with Crippen LogP contribution in [0.1, 0.15) is 5.56 Å². The summed E-state index contributed by atoms with van der Waals surface area (Å²) in [5.41, 5.74) is 0.740. The Morgan fingerprint density at radius 1 is 1.41 bits per heavy atom. The quantitative estimate of drug-likeness (QED) is 0.873. The molecule has 0 aliphatic heterocycles. The molecule has 0 saturated heterocycles. The maximum atomic E-state index is 10.5. The molecule has 17 heavy (non-hydrogen) atoms. The van der Waals surface area contributed by atoms with Gasteiger partial charge in [0.1, 0.15) is 5.75 Å². The fourth-order valence-electron chi connectivity index (χ4n) is 1.41. The van der Waals surface area contributed by atoms with Crippen LogP contribution in [0.4, 0.5) is 0 Å². The Hall–Kier alpha value is -2.30. The first-order chi connectivity index (χ1) is 8.15. The summed E-state index contributed by atoms with van der Waals surface area (Å²) < 4.78 is 7.27. The highest BCUT2D eigenvalue weighted by Gasteiger charge is 2.03. The lowest BCUT2D eigenvalue weighted by Crippen LogP contribution is -1.99. The molecule has 0 unspecified atom stereocenters. The highest BCUT2D eigenvalue weighted by molar-refractivity contribution is 5.70. The number of carbonyl (C=O) groups is 1. The number of aliphatic carboxylic acids is 1. The van der Waals surface area contributed by atoms with Crippen molar-refractivity contribution in [3.8, 4) is 11.8 Å². The number of hydrogen-bond donors (Lipinski definition) is 1. The molecule has 1 aromatic carbocycles. The second kappa shape index (κ2) is 4.69. The summed E-state index contributed by atoms with van der Waals surface area (Å²) in [5.74, 6) is -0.212. The number of aromatic nitrogens is 2. The smallest absolute Gasteiger partial charge is 0.307 e. The predicted molar refractivity (Wildman–Crippen MR) is 61.1 cm³/mol. The summed E-state index contributed by atoms with van der Waals surface area (Å²) in [6, 6.07) is 7.41. The zero-order chi connectivity index (χ0) is 12.3. The van der Waals surface area contributed by atoms with Crippen LogP contribution in [0.3, 0.4) is 0 Å². The summed E-state index contributed by atoms with van der Waals surface area (Å²) >= 11 is 0. The van der Waals surface area contributed by atoms with Gasteiger partial charge in [0.25, 0.3) is 0 Å². The number of hydrogen-bond acceptors (Lipinski definition) is 3. The van der Waals surface area contributed by atoms with Crippen molar-refractivity contribution in [2.75, 3.05) is 0 Å². The normalized spacial score (nSPS) is 10.2. The number of ether oxygens (including phenoxy) is 1. The summed E-state index contributed by atoms with van der Waals surface area (Å²) in [6.07, 6.45) is 3.45. The van der Waals surface area contributed by atoms with Crippen LogP contribution in [0.15, 0.2) is 36.7 Å². The van der Waals surface area contributed by atoms with E-state index < -0.39 is 5.97 Å². The summed E-state index contributed by atoms with van der Waals surface area (Å²) in [6.45, 7) is 0. The fraction of sp³-hybridized carbons (Fsp3) is 0.167. The van der Waals surface area contributed by atoms with Gasteiger partial charge >= 0.3 is 12.0 Å². The van der Waals surface area contributed by atoms with Crippen molar-refractivity contribution in [1.82, 2.24) is 9.55 Å². The average molecular weight is 232 g/mol. The fourth-order valence-corrected chi connectivity index (χ4v) is 1.41. The zero-order valence-corrected chi connectivity index (χ0v) is 9.33. The molecule has 5 nitrogen and oxygen atoms in total. The largest absolute Gasteiger partial charge is 0.481 e. The van der Waals surface area contributed by atoms with E-state index in [4.69, 9.17) is 9.84 Å². The van der Waals surface area contributed by atoms with Crippen molar-refractivity contribution in [2.45, 2.75) is 6.42 Å². The lowest BCUT2D eigenvalue weighted by Gasteiger charge is -2.05. The molecule has 0 bridgehead atoms. The molecule has 0 aliphatic rings. The van der Waals surface area contributed by atoms with E-state index >= 15 is 0 Å². The van der Waals surface area contributed by atoms with E-state index in [1.54, 1.807) is 41.2 Å². The van der Waals surface area contributed by atoms with Crippen LogP contribution in [-0.2, 0) is 18.3 Å². The van der Waals surface area contributed by atoms with Crippen molar-refractivity contribution in [3.63, 3.8) is 0 Å². The van der Waals surface area contributed by atoms with Crippen molar-refractivity contribution in [2.24, 2.45) is 7.05 Å². The van der Waals surface area contributed by atoms with Crippen LogP contribution in [-0.4, -0.2) is 20.6 Å². The molecule has 0 aliphatic carbocycles. The standard InChI is InChI=1S/C12H12N2O3/c1-14-7-6-13-12(14)17-10-4-2-9(3-5-10)8-11(15)16/h2-7H,8H2,1H3,(H,15,16). The van der Waals surface area contributed by atoms with Gasteiger partial charge < -0.3 is 14.4 Å². The van der Waals surface area contributed by atoms with E-state index in [0.29, 0.717) is 11.8 Å². The van der Waals surface area contributed by atoms with Crippen molar-refractivity contribution >= 4 is 5.97 Å². The minimum atomic E-state index is -0.845. The molecule has 1 aromatic heterocycles. The van der Waals surface area contributed by atoms with Crippen LogP contribution in [0.5, 0.6) is 11.8 Å². The maximum absolute atomic E-state index is 10.5. The highest BCUT2D eigenvalue weighted by Crippen LogP contribution is 2.19. The second-order valence-corrected chi connectivity index (χ2v) is 3.64. The molecule has 0 atom stereocenters. The van der Waals surface area contributed by atoms with E-state index in [-0.39, 0.29) is 6.42 Å². The molecule has 88 valence electrons. The zero-order valence-electron chi connectivity index (χ0n) is 9.33. The number of carboxylic acid groups (broad SMARTS) is 1. The molecule has 1 heterocycles. The van der Waals surface area contributed by atoms with Gasteiger partial charge in [-0.2, -0.15) is 0 Å². The van der Waals surface area contributed by atoms with Gasteiger partial charge in [-0.3, -0.25) is 4.79 Å². The topological polar surface area (TPSA) is 64.4 Å². The third-order valence-corrected chi connectivity index (χ3v) is 2.26. The molecule has 2 rings (SSSR count). The molecule has 0 radical (unpaired) electrons. The van der Waals surface area contributed by atoms with Gasteiger partial charge in [0.05, 0.1) is 6.42 Å². The summed E-state index contributed by atoms with van der Waals surface area (Å²) in [4.78, 5) is 14.5. The number of benzene rings is 1. The average Bonchev–Trinajstić information content (AvgIpc) is 2.67. The van der Waals surface area contributed by atoms with Crippen LogP contribution in [0.25, 0.3) is 0 Å². The van der Waals surface area contributed by atoms with Crippen LogP contribution in [0.2, 0.25) is 0 Å². The minimum absolute atomic E-state index is 0.0166. The highest BCUT2D eigenvalue weighted by atomic mass is 16.5. The van der Waals surface area contributed by atoms with Crippen LogP contribution >= 0.6 is 0 Å². The lowest BCUT2D eigenvalue weighted by molar-refractivity contribution is -0.136. The maximum Gasteiger partial charge on any atom is 0.307 e. The monoisotopic (exact) mass is 232 g/mol. The number of rotatable bonds is 4. The van der Waals surface area contributed by atoms with E-state index in [1.807, 2.05) is 7.05 Å². The first-order valence-electron chi connectivity index (χ1n) is 5.11. The molecule has 5 heteroatoms. The molecule has 0 amide bonds. The Bertz CT molecular complexity index is 517. The third-order valence-electron chi connectivity index (χ3n) is 2.26. The molecular weight excluding hydrogens is 220 g/mol. The van der Waals surface area contributed by atoms with E-state index in [1.165, 1.54) is 0 Å². The van der Waals surface area contributed by atoms with Crippen LogP contribution in [0, 0.1) is 0 Å². The van der Waals surface area contributed by atoms with Crippen molar-refractivity contribution in [1.29, 1.82) is 0 Å². The molecule has 0 fully saturated rings. The van der Waals surface area contributed by atoms with E-state index in [2.05, 4.69) is 4.98 Å². The Balaban J connectivity index is 2.08. The Morgan fingerprint density at radius 2 is 2.12 bits per heavy atom. The number of aryl methyl sites for hydroxylation is 1. The number of carboxylic acids is 1. The van der Waals surface area contributed by atoms with Crippen molar-refractivity contribution < 1.29 is 14.6 Å². The molecular formula is C12H12N2O3. The lowest BCUT2D eigenvalue weighted by atomic mass is 10.1. The first kappa shape index (κ1) is 11.2.